The minimum absolute atomic E-state index is 0.00905. The largest absolute Gasteiger partial charge is 0.392 e. The van der Waals surface area contributed by atoms with E-state index in [2.05, 4.69) is 27.2 Å². The lowest BCUT2D eigenvalue weighted by atomic mass is 9.85. The highest BCUT2D eigenvalue weighted by atomic mass is 32.2. The van der Waals surface area contributed by atoms with Gasteiger partial charge in [-0.1, -0.05) is 54.6 Å². The number of aryl methyl sites for hydroxylation is 1. The maximum absolute atomic E-state index is 13.6. The SMILES string of the molecule is Cc1cc(CO)ccc1-c1cc2ccc(S(=O)(=O)NC3CCC(C(=O)N4CCNC[C@@H]4c4ccccc4)CC3)cc2[nH]1. The van der Waals surface area contributed by atoms with Crippen molar-refractivity contribution in [3.8, 4) is 11.3 Å². The monoisotopic (exact) mass is 586 g/mol. The quantitative estimate of drug-likeness (QED) is 0.252. The Morgan fingerprint density at radius 2 is 1.79 bits per heavy atom. The van der Waals surface area contributed by atoms with E-state index in [1.54, 1.807) is 12.1 Å². The number of H-pyrrole nitrogens is 1. The van der Waals surface area contributed by atoms with Gasteiger partial charge >= 0.3 is 0 Å². The van der Waals surface area contributed by atoms with Crippen molar-refractivity contribution >= 4 is 26.8 Å². The zero-order valence-electron chi connectivity index (χ0n) is 23.8. The van der Waals surface area contributed by atoms with E-state index < -0.39 is 10.0 Å². The number of piperazine rings is 1. The maximum Gasteiger partial charge on any atom is 0.240 e. The zero-order valence-corrected chi connectivity index (χ0v) is 24.7. The highest BCUT2D eigenvalue weighted by Gasteiger charge is 2.35. The molecular weight excluding hydrogens is 548 g/mol. The van der Waals surface area contributed by atoms with Crippen LogP contribution in [-0.4, -0.2) is 55.0 Å². The third kappa shape index (κ3) is 5.87. The van der Waals surface area contributed by atoms with Crippen molar-refractivity contribution in [2.24, 2.45) is 5.92 Å². The van der Waals surface area contributed by atoms with Crippen molar-refractivity contribution in [2.75, 3.05) is 19.6 Å². The highest BCUT2D eigenvalue weighted by Crippen LogP contribution is 2.32. The van der Waals surface area contributed by atoms with Crippen LogP contribution in [0.2, 0.25) is 0 Å². The van der Waals surface area contributed by atoms with Gasteiger partial charge in [-0.05, 0) is 67.5 Å². The number of carbonyl (C=O) groups is 1. The number of carbonyl (C=O) groups excluding carboxylic acids is 1. The molecule has 6 rings (SSSR count). The van der Waals surface area contributed by atoms with Gasteiger partial charge in [-0.3, -0.25) is 4.79 Å². The number of hydrogen-bond acceptors (Lipinski definition) is 5. The first-order valence-corrected chi connectivity index (χ1v) is 16.2. The fourth-order valence-corrected chi connectivity index (χ4v) is 7.80. The molecule has 1 aromatic heterocycles. The van der Waals surface area contributed by atoms with Crippen molar-refractivity contribution in [1.82, 2.24) is 19.9 Å². The van der Waals surface area contributed by atoms with Crippen LogP contribution >= 0.6 is 0 Å². The van der Waals surface area contributed by atoms with Crippen LogP contribution in [0, 0.1) is 12.8 Å². The number of sulfonamides is 1. The van der Waals surface area contributed by atoms with E-state index in [0.717, 1.165) is 51.9 Å². The second kappa shape index (κ2) is 12.0. The molecule has 3 aromatic carbocycles. The van der Waals surface area contributed by atoms with Crippen LogP contribution in [0.5, 0.6) is 0 Å². The summed E-state index contributed by atoms with van der Waals surface area (Å²) in [4.78, 5) is 19.2. The third-order valence-corrected chi connectivity index (χ3v) is 10.3. The van der Waals surface area contributed by atoms with Crippen molar-refractivity contribution in [1.29, 1.82) is 0 Å². The maximum atomic E-state index is 13.6. The average Bonchev–Trinajstić information content (AvgIpc) is 3.44. The van der Waals surface area contributed by atoms with Gasteiger partial charge in [0.2, 0.25) is 15.9 Å². The molecule has 42 heavy (non-hydrogen) atoms. The lowest BCUT2D eigenvalue weighted by molar-refractivity contribution is -0.140. The molecule has 1 saturated carbocycles. The van der Waals surface area contributed by atoms with Crippen LogP contribution in [0.3, 0.4) is 0 Å². The molecule has 9 heteroatoms. The number of nitrogens with one attached hydrogen (secondary N) is 3. The number of aromatic nitrogens is 1. The predicted octanol–water partition coefficient (Wildman–Crippen LogP) is 4.65. The number of fused-ring (bicyclic) bond motifs is 1. The Labute approximate surface area is 247 Å². The van der Waals surface area contributed by atoms with Crippen LogP contribution in [0.15, 0.2) is 77.7 Å². The van der Waals surface area contributed by atoms with E-state index in [1.807, 2.05) is 60.4 Å². The van der Waals surface area contributed by atoms with E-state index in [4.69, 9.17) is 0 Å². The second-order valence-corrected chi connectivity index (χ2v) is 13.3. The molecule has 220 valence electrons. The van der Waals surface area contributed by atoms with Gasteiger partial charge in [0.15, 0.2) is 0 Å². The van der Waals surface area contributed by atoms with Crippen LogP contribution < -0.4 is 10.0 Å². The molecule has 0 spiro atoms. The molecule has 1 saturated heterocycles. The van der Waals surface area contributed by atoms with Gasteiger partial charge in [0.05, 0.1) is 17.5 Å². The van der Waals surface area contributed by atoms with Gasteiger partial charge in [-0.25, -0.2) is 13.1 Å². The summed E-state index contributed by atoms with van der Waals surface area (Å²) < 4.78 is 29.7. The first-order valence-electron chi connectivity index (χ1n) is 14.7. The number of rotatable bonds is 7. The Hall–Kier alpha value is -3.50. The van der Waals surface area contributed by atoms with Crippen LogP contribution in [-0.2, 0) is 21.4 Å². The first-order chi connectivity index (χ1) is 20.3. The summed E-state index contributed by atoms with van der Waals surface area (Å²) in [6, 6.07) is 23.0. The molecular formula is C33H38N4O4S. The minimum atomic E-state index is -3.73. The number of nitrogens with zero attached hydrogens (tertiary/aromatic N) is 1. The Kier molecular flexibility index (Phi) is 8.18. The molecule has 1 amide bonds. The molecule has 2 aliphatic rings. The summed E-state index contributed by atoms with van der Waals surface area (Å²) in [5.74, 6) is 0.0968. The standard InChI is InChI=1S/C33H38N4O4S/c1-22-17-23(21-38)7-14-29(22)31-18-26-10-13-28(19-30(26)35-31)42(40,41)36-27-11-8-25(9-12-27)33(39)37-16-15-34-20-32(37)24-5-3-2-4-6-24/h2-7,10,13-14,17-19,25,27,32,34-36,38H,8-9,11-12,15-16,20-21H2,1H3/t25?,27?,32-/m1/s1. The highest BCUT2D eigenvalue weighted by molar-refractivity contribution is 7.89. The summed E-state index contributed by atoms with van der Waals surface area (Å²) in [5.41, 5.74) is 5.68. The molecule has 2 heterocycles. The van der Waals surface area contributed by atoms with Gasteiger partial charge in [-0.2, -0.15) is 0 Å². The lowest BCUT2D eigenvalue weighted by Crippen LogP contribution is -2.51. The normalized spacial score (nSPS) is 21.5. The Morgan fingerprint density at radius 3 is 2.52 bits per heavy atom. The molecule has 1 aliphatic heterocycles. The number of benzene rings is 3. The molecule has 0 bridgehead atoms. The lowest BCUT2D eigenvalue weighted by Gasteiger charge is -2.40. The molecule has 4 aromatic rings. The van der Waals surface area contributed by atoms with Gasteiger partial charge in [0, 0.05) is 53.8 Å². The van der Waals surface area contributed by atoms with Crippen molar-refractivity contribution < 1.29 is 18.3 Å². The van der Waals surface area contributed by atoms with Crippen LogP contribution in [0.25, 0.3) is 22.2 Å². The van der Waals surface area contributed by atoms with Crippen molar-refractivity contribution in [3.05, 3.63) is 89.5 Å². The minimum Gasteiger partial charge on any atom is -0.392 e. The number of aliphatic hydroxyl groups is 1. The van der Waals surface area contributed by atoms with E-state index in [1.165, 1.54) is 0 Å². The average molecular weight is 587 g/mol. The van der Waals surface area contributed by atoms with Gasteiger partial charge in [-0.15, -0.1) is 0 Å². The van der Waals surface area contributed by atoms with Gasteiger partial charge < -0.3 is 20.3 Å². The Morgan fingerprint density at radius 1 is 1.00 bits per heavy atom. The summed E-state index contributed by atoms with van der Waals surface area (Å²) in [6.07, 6.45) is 2.61. The third-order valence-electron chi connectivity index (χ3n) is 8.78. The molecule has 2 fully saturated rings. The molecule has 0 radical (unpaired) electrons. The number of hydrogen-bond donors (Lipinski definition) is 4. The van der Waals surface area contributed by atoms with E-state index in [-0.39, 0.29) is 35.4 Å². The molecule has 4 N–H and O–H groups in total. The second-order valence-electron chi connectivity index (χ2n) is 11.6. The fourth-order valence-electron chi connectivity index (χ4n) is 6.47. The molecule has 0 unspecified atom stereocenters. The molecule has 8 nitrogen and oxygen atoms in total. The molecule has 1 aliphatic carbocycles. The number of aromatic amines is 1. The van der Waals surface area contributed by atoms with E-state index in [9.17, 15) is 18.3 Å². The fraction of sp³-hybridized carbons (Fsp3) is 0.364. The zero-order chi connectivity index (χ0) is 29.3. The summed E-state index contributed by atoms with van der Waals surface area (Å²) in [6.45, 7) is 4.19. The number of amides is 1. The topological polar surface area (TPSA) is 115 Å². The van der Waals surface area contributed by atoms with Gasteiger partial charge in [0.1, 0.15) is 0 Å². The number of aliphatic hydroxyl groups excluding tert-OH is 1. The van der Waals surface area contributed by atoms with Crippen LogP contribution in [0.4, 0.5) is 0 Å². The van der Waals surface area contributed by atoms with Crippen molar-refractivity contribution in [3.63, 3.8) is 0 Å². The summed E-state index contributed by atoms with van der Waals surface area (Å²) >= 11 is 0. The summed E-state index contributed by atoms with van der Waals surface area (Å²) in [5, 5.41) is 13.8. The van der Waals surface area contributed by atoms with Gasteiger partial charge in [0.25, 0.3) is 0 Å². The van der Waals surface area contributed by atoms with Crippen molar-refractivity contribution in [2.45, 2.75) is 56.2 Å². The van der Waals surface area contributed by atoms with E-state index >= 15 is 0 Å². The molecule has 1 atom stereocenters. The Bertz CT molecular complexity index is 1680. The van der Waals surface area contributed by atoms with Crippen LogP contribution in [0.1, 0.15) is 48.4 Å². The predicted molar refractivity (Wildman–Crippen MR) is 164 cm³/mol. The Balaban J connectivity index is 1.11. The summed E-state index contributed by atoms with van der Waals surface area (Å²) in [7, 11) is -3.73. The first kappa shape index (κ1) is 28.6. The smallest absolute Gasteiger partial charge is 0.240 e. The van der Waals surface area contributed by atoms with E-state index in [0.29, 0.717) is 32.2 Å².